The van der Waals surface area contributed by atoms with E-state index in [1.807, 2.05) is 0 Å². The summed E-state index contributed by atoms with van der Waals surface area (Å²) in [5, 5.41) is 10.1. The molecule has 0 aliphatic heterocycles. The highest BCUT2D eigenvalue weighted by Crippen LogP contribution is 2.28. The molecule has 4 aromatic rings. The number of hydrogen-bond acceptors (Lipinski definition) is 7. The average Bonchev–Trinajstić information content (AvgIpc) is 3.45. The third-order valence-electron chi connectivity index (χ3n) is 4.27. The van der Waals surface area contributed by atoms with Crippen LogP contribution >= 0.6 is 11.6 Å². The molecule has 33 heavy (non-hydrogen) atoms. The van der Waals surface area contributed by atoms with Crippen LogP contribution in [0.4, 0.5) is 24.7 Å². The van der Waals surface area contributed by atoms with Crippen molar-refractivity contribution in [3.63, 3.8) is 0 Å². The Morgan fingerprint density at radius 1 is 1.18 bits per heavy atom. The van der Waals surface area contributed by atoms with Crippen LogP contribution < -0.4 is 11.1 Å². The van der Waals surface area contributed by atoms with Gasteiger partial charge in [0, 0.05) is 24.8 Å². The minimum atomic E-state index is -5.00. The quantitative estimate of drug-likeness (QED) is 0.337. The second kappa shape index (κ2) is 8.70. The highest BCUT2D eigenvalue weighted by molar-refractivity contribution is 6.32. The normalized spacial score (nSPS) is 12.8. The molecular formula is C19H13ClF3N9O. The third-order valence-corrected chi connectivity index (χ3v) is 4.55. The fraction of sp³-hybridized carbons (Fsp3) is 0.0526. The largest absolute Gasteiger partial charge is 0.434 e. The predicted octanol–water partition coefficient (Wildman–Crippen LogP) is 3.08. The van der Waals surface area contributed by atoms with Gasteiger partial charge in [-0.3, -0.25) is 4.79 Å². The van der Waals surface area contributed by atoms with E-state index in [0.717, 1.165) is 4.80 Å². The molecule has 0 aliphatic rings. The van der Waals surface area contributed by atoms with Gasteiger partial charge < -0.3 is 15.5 Å². The number of halogens is 4. The number of nitrogens with one attached hydrogen (secondary N) is 1. The molecule has 0 aromatic carbocycles. The van der Waals surface area contributed by atoms with E-state index in [9.17, 15) is 18.0 Å². The van der Waals surface area contributed by atoms with Crippen LogP contribution in [0.2, 0.25) is 5.02 Å². The number of nitrogens with two attached hydrogens (primary N) is 1. The van der Waals surface area contributed by atoms with Crippen LogP contribution in [0.15, 0.2) is 72.1 Å². The number of carbonyl (C=O) groups is 1. The summed E-state index contributed by atoms with van der Waals surface area (Å²) in [4.78, 5) is 25.4. The summed E-state index contributed by atoms with van der Waals surface area (Å²) < 4.78 is 43.1. The van der Waals surface area contributed by atoms with E-state index >= 15 is 0 Å². The van der Waals surface area contributed by atoms with Crippen LogP contribution in [0.3, 0.4) is 0 Å². The van der Waals surface area contributed by atoms with Crippen LogP contribution in [0.25, 0.3) is 11.3 Å². The Morgan fingerprint density at radius 2 is 1.94 bits per heavy atom. The molecule has 1 amide bonds. The van der Waals surface area contributed by atoms with Gasteiger partial charge in [0.05, 0.1) is 40.4 Å². The van der Waals surface area contributed by atoms with Crippen molar-refractivity contribution in [1.29, 1.82) is 0 Å². The van der Waals surface area contributed by atoms with E-state index < -0.39 is 23.4 Å². The molecule has 14 heteroatoms. The van der Waals surface area contributed by atoms with Gasteiger partial charge in [-0.15, -0.1) is 4.80 Å². The Hall–Kier alpha value is -4.26. The number of carbonyl (C=O) groups excluding carboxylic acids is 1. The molecule has 4 rings (SSSR count). The smallest absolute Gasteiger partial charge is 0.404 e. The highest BCUT2D eigenvalue weighted by atomic mass is 35.5. The van der Waals surface area contributed by atoms with E-state index in [1.54, 1.807) is 18.5 Å². The minimum absolute atomic E-state index is 0.0218. The van der Waals surface area contributed by atoms with Gasteiger partial charge in [0.1, 0.15) is 0 Å². The standard InChI is InChI=1S/C19H13ClF3N9O/c20-13-8-11(10-26-17(13)32-27-3-4-28-32)29-18(33)12(9-24)15(19(21,22)23)30-16-14-2-1-6-31(14)7-5-25-16/h1-10H,24H2,(H,29,33). The van der Waals surface area contributed by atoms with Gasteiger partial charge >= 0.3 is 6.18 Å². The first kappa shape index (κ1) is 22.0. The molecule has 0 atom stereocenters. The van der Waals surface area contributed by atoms with E-state index in [4.69, 9.17) is 17.3 Å². The molecular weight excluding hydrogens is 463 g/mol. The van der Waals surface area contributed by atoms with Gasteiger partial charge in [0.15, 0.2) is 17.3 Å². The van der Waals surface area contributed by atoms with Gasteiger partial charge in [-0.1, -0.05) is 11.6 Å². The van der Waals surface area contributed by atoms with Crippen LogP contribution in [0, 0.1) is 0 Å². The molecule has 0 bridgehead atoms. The maximum Gasteiger partial charge on any atom is 0.434 e. The second-order valence-electron chi connectivity index (χ2n) is 6.39. The Labute approximate surface area is 188 Å². The van der Waals surface area contributed by atoms with Gasteiger partial charge in [-0.2, -0.15) is 23.4 Å². The number of pyridine rings is 1. The number of aromatic nitrogens is 6. The molecule has 0 aliphatic carbocycles. The number of fused-ring (bicyclic) bond motifs is 1. The van der Waals surface area contributed by atoms with Crippen molar-refractivity contribution in [2.75, 3.05) is 5.32 Å². The number of amides is 1. The zero-order valence-electron chi connectivity index (χ0n) is 16.4. The van der Waals surface area contributed by atoms with E-state index in [1.165, 1.54) is 41.3 Å². The zero-order chi connectivity index (χ0) is 23.6. The van der Waals surface area contributed by atoms with Crippen molar-refractivity contribution in [2.45, 2.75) is 6.18 Å². The van der Waals surface area contributed by atoms with Gasteiger partial charge in [-0.05, 0) is 18.2 Å². The fourth-order valence-electron chi connectivity index (χ4n) is 2.86. The Balaban J connectivity index is 1.66. The molecule has 0 saturated heterocycles. The van der Waals surface area contributed by atoms with E-state index in [2.05, 4.69) is 30.5 Å². The number of aliphatic imine (C=N–C) groups is 1. The molecule has 0 unspecified atom stereocenters. The summed E-state index contributed by atoms with van der Waals surface area (Å²) in [5.41, 5.74) is 3.31. The van der Waals surface area contributed by atoms with Crippen LogP contribution in [-0.4, -0.2) is 47.2 Å². The molecule has 168 valence electrons. The molecule has 3 N–H and O–H groups in total. The summed E-state index contributed by atoms with van der Waals surface area (Å²) in [7, 11) is 0. The number of alkyl halides is 3. The third kappa shape index (κ3) is 4.52. The van der Waals surface area contributed by atoms with Crippen LogP contribution in [-0.2, 0) is 4.79 Å². The van der Waals surface area contributed by atoms with E-state index in [-0.39, 0.29) is 22.3 Å². The lowest BCUT2D eigenvalue weighted by atomic mass is 10.1. The highest BCUT2D eigenvalue weighted by Gasteiger charge is 2.41. The minimum Gasteiger partial charge on any atom is -0.404 e. The van der Waals surface area contributed by atoms with E-state index in [0.29, 0.717) is 11.7 Å². The van der Waals surface area contributed by atoms with Crippen molar-refractivity contribution in [3.05, 3.63) is 72.2 Å². The first-order valence-corrected chi connectivity index (χ1v) is 9.49. The lowest BCUT2D eigenvalue weighted by Gasteiger charge is -2.14. The first-order valence-electron chi connectivity index (χ1n) is 9.11. The van der Waals surface area contributed by atoms with Crippen molar-refractivity contribution in [1.82, 2.24) is 29.4 Å². The SMILES string of the molecule is NC=C(C(=O)Nc1cnc(-n2nccn2)c(Cl)c1)C(=Nc1nccn2cccc12)C(F)(F)F. The summed E-state index contributed by atoms with van der Waals surface area (Å²) >= 11 is 6.14. The van der Waals surface area contributed by atoms with Crippen molar-refractivity contribution in [3.8, 4) is 5.82 Å². The number of rotatable bonds is 5. The van der Waals surface area contributed by atoms with Gasteiger partial charge in [0.2, 0.25) is 0 Å². The Morgan fingerprint density at radius 3 is 2.61 bits per heavy atom. The van der Waals surface area contributed by atoms with Gasteiger partial charge in [0.25, 0.3) is 5.91 Å². The zero-order valence-corrected chi connectivity index (χ0v) is 17.2. The number of anilines is 1. The van der Waals surface area contributed by atoms with Crippen molar-refractivity contribution < 1.29 is 18.0 Å². The Kier molecular flexibility index (Phi) is 5.79. The lowest BCUT2D eigenvalue weighted by molar-refractivity contribution is -0.113. The lowest BCUT2D eigenvalue weighted by Crippen LogP contribution is -2.32. The molecule has 0 spiro atoms. The van der Waals surface area contributed by atoms with Crippen LogP contribution in [0.5, 0.6) is 0 Å². The molecule has 4 heterocycles. The van der Waals surface area contributed by atoms with Gasteiger partial charge in [-0.25, -0.2) is 15.0 Å². The maximum atomic E-state index is 13.9. The molecule has 0 radical (unpaired) electrons. The second-order valence-corrected chi connectivity index (χ2v) is 6.80. The summed E-state index contributed by atoms with van der Waals surface area (Å²) in [6.45, 7) is 0. The Bertz CT molecular complexity index is 1380. The summed E-state index contributed by atoms with van der Waals surface area (Å²) in [6, 6.07) is 4.44. The van der Waals surface area contributed by atoms with Crippen LogP contribution in [0.1, 0.15) is 0 Å². The number of nitrogens with zero attached hydrogens (tertiary/aromatic N) is 7. The average molecular weight is 476 g/mol. The fourth-order valence-corrected chi connectivity index (χ4v) is 3.10. The molecule has 0 saturated carbocycles. The molecule has 10 nitrogen and oxygen atoms in total. The first-order chi connectivity index (χ1) is 15.8. The summed E-state index contributed by atoms with van der Waals surface area (Å²) in [5.74, 6) is -1.24. The summed E-state index contributed by atoms with van der Waals surface area (Å²) in [6.07, 6.45) is 3.98. The maximum absolute atomic E-state index is 13.9. The number of hydrogen-bond donors (Lipinski definition) is 2. The van der Waals surface area contributed by atoms with Crippen molar-refractivity contribution in [2.24, 2.45) is 10.7 Å². The molecule has 0 fully saturated rings. The predicted molar refractivity (Wildman–Crippen MR) is 113 cm³/mol. The molecule has 4 aromatic heterocycles. The monoisotopic (exact) mass is 475 g/mol. The van der Waals surface area contributed by atoms with Crippen molar-refractivity contribution >= 4 is 40.2 Å². The topological polar surface area (TPSA) is 128 Å².